The summed E-state index contributed by atoms with van der Waals surface area (Å²) in [5.41, 5.74) is 1.92. The Bertz CT molecular complexity index is 3670. The second-order valence-electron chi connectivity index (χ2n) is 15.3. The third kappa shape index (κ3) is 6.40. The van der Waals surface area contributed by atoms with E-state index >= 15 is 0 Å². The summed E-state index contributed by atoms with van der Waals surface area (Å²) < 4.78 is 93.1. The highest BCUT2D eigenvalue weighted by molar-refractivity contribution is 6.13. The molecule has 306 valence electrons. The second-order valence-corrected chi connectivity index (χ2v) is 15.3. The molecule has 0 amide bonds. The van der Waals surface area contributed by atoms with Crippen LogP contribution in [0.15, 0.2) is 164 Å². The number of hydrogen-bond acceptors (Lipinski definition) is 3. The molecule has 0 radical (unpaired) electrons. The highest BCUT2D eigenvalue weighted by Gasteiger charge is 2.42. The number of nitrogens with zero attached hydrogens (tertiary/aromatic N) is 5. The molecule has 2 heterocycles. The lowest BCUT2D eigenvalue weighted by Gasteiger charge is -2.23. The lowest BCUT2D eigenvalue weighted by Crippen LogP contribution is -2.15. The number of para-hydroxylation sites is 2. The van der Waals surface area contributed by atoms with Gasteiger partial charge in [0, 0.05) is 32.7 Å². The van der Waals surface area contributed by atoms with Gasteiger partial charge in [-0.25, -0.2) is 0 Å². The van der Waals surface area contributed by atoms with Crippen molar-refractivity contribution in [2.45, 2.75) is 12.4 Å². The number of hydrogen-bond donors (Lipinski definition) is 0. The Morgan fingerprint density at radius 2 is 0.797 bits per heavy atom. The SMILES string of the molecule is N#Cc1cccc(-c2ccc3c(c2)c2ccccc2n3-c2cc(C#N)c(-c3c(C(F)(F)F)cccc3C(F)(F)F)cc2-n2c3ccccc3c3cc(-c4cccc(C#N)c4)ccc32)c1. The zero-order valence-corrected chi connectivity index (χ0v) is 33.1. The highest BCUT2D eigenvalue weighted by atomic mass is 19.4. The molecule has 0 saturated carbocycles. The van der Waals surface area contributed by atoms with E-state index in [1.165, 1.54) is 12.1 Å². The lowest BCUT2D eigenvalue weighted by molar-refractivity contribution is -0.142. The third-order valence-corrected chi connectivity index (χ3v) is 11.7. The largest absolute Gasteiger partial charge is 0.417 e. The smallest absolute Gasteiger partial charge is 0.307 e. The molecule has 0 aliphatic carbocycles. The van der Waals surface area contributed by atoms with Crippen molar-refractivity contribution in [3.8, 4) is 63.0 Å². The standard InChI is InChI=1S/C53H27F6N5/c54-52(55,56)43-14-7-15-44(53(57,58)59)51(43)40-27-50(64-46-17-4-2-13-39(46)42-25-36(19-21-48(42)64)34-11-6-9-32(23-34)29-61)49(26-37(40)30-62)63-45-16-3-1-12-38(45)41-24-35(18-20-47(41)63)33-10-5-8-31(22-33)28-60/h1-27H. The minimum atomic E-state index is -5.22. The molecule has 2 aromatic heterocycles. The molecule has 8 aromatic carbocycles. The average Bonchev–Trinajstić information content (AvgIpc) is 3.82. The fraction of sp³-hybridized carbons (Fsp3) is 0.0377. The zero-order valence-electron chi connectivity index (χ0n) is 33.1. The fourth-order valence-corrected chi connectivity index (χ4v) is 8.91. The van der Waals surface area contributed by atoms with Crippen molar-refractivity contribution in [1.29, 1.82) is 15.8 Å². The van der Waals surface area contributed by atoms with Gasteiger partial charge in [0.25, 0.3) is 0 Å². The van der Waals surface area contributed by atoms with Crippen LogP contribution < -0.4 is 0 Å². The van der Waals surface area contributed by atoms with E-state index < -0.39 is 40.2 Å². The number of benzene rings is 8. The van der Waals surface area contributed by atoms with Crippen LogP contribution in [0.1, 0.15) is 27.8 Å². The van der Waals surface area contributed by atoms with Crippen molar-refractivity contribution in [3.63, 3.8) is 0 Å². The van der Waals surface area contributed by atoms with Gasteiger partial charge >= 0.3 is 12.4 Å². The van der Waals surface area contributed by atoms with Crippen LogP contribution in [0.3, 0.4) is 0 Å². The molecule has 0 aliphatic heterocycles. The van der Waals surface area contributed by atoms with Gasteiger partial charge in [-0.2, -0.15) is 42.1 Å². The normalized spacial score (nSPS) is 11.9. The summed E-state index contributed by atoms with van der Waals surface area (Å²) in [6.07, 6.45) is -10.4. The molecule has 0 spiro atoms. The molecule has 0 N–H and O–H groups in total. The average molecular weight is 848 g/mol. The molecule has 10 aromatic rings. The molecule has 0 saturated heterocycles. The number of fused-ring (bicyclic) bond motifs is 6. The van der Waals surface area contributed by atoms with Gasteiger partial charge in [-0.15, -0.1) is 0 Å². The predicted octanol–water partition coefficient (Wildman–Crippen LogP) is 14.5. The maximum atomic E-state index is 14.9. The second kappa shape index (κ2) is 14.8. The Morgan fingerprint density at radius 3 is 1.25 bits per heavy atom. The van der Waals surface area contributed by atoms with E-state index in [2.05, 4.69) is 12.1 Å². The summed E-state index contributed by atoms with van der Waals surface area (Å²) >= 11 is 0. The first-order valence-electron chi connectivity index (χ1n) is 19.8. The van der Waals surface area contributed by atoms with Crippen molar-refractivity contribution in [2.75, 3.05) is 0 Å². The van der Waals surface area contributed by atoms with Crippen LogP contribution in [0, 0.1) is 34.0 Å². The quantitative estimate of drug-likeness (QED) is 0.162. The summed E-state index contributed by atoms with van der Waals surface area (Å²) in [5, 5.41) is 33.1. The summed E-state index contributed by atoms with van der Waals surface area (Å²) in [4.78, 5) is 0. The Morgan fingerprint density at radius 1 is 0.375 bits per heavy atom. The molecule has 11 heteroatoms. The summed E-state index contributed by atoms with van der Waals surface area (Å²) in [6, 6.07) is 51.3. The zero-order chi connectivity index (χ0) is 44.5. The van der Waals surface area contributed by atoms with Crippen LogP contribution in [0.4, 0.5) is 26.3 Å². The Labute approximate surface area is 360 Å². The number of aromatic nitrogens is 2. The van der Waals surface area contributed by atoms with E-state index in [0.29, 0.717) is 51.0 Å². The van der Waals surface area contributed by atoms with Crippen LogP contribution in [-0.4, -0.2) is 9.13 Å². The molecule has 0 atom stereocenters. The van der Waals surface area contributed by atoms with Crippen molar-refractivity contribution >= 4 is 43.6 Å². The first kappa shape index (κ1) is 39.5. The van der Waals surface area contributed by atoms with Crippen molar-refractivity contribution < 1.29 is 26.3 Å². The minimum Gasteiger partial charge on any atom is -0.307 e. The first-order valence-corrected chi connectivity index (χ1v) is 19.8. The van der Waals surface area contributed by atoms with Crippen molar-refractivity contribution in [3.05, 3.63) is 192 Å². The van der Waals surface area contributed by atoms with E-state index in [9.17, 15) is 42.1 Å². The third-order valence-electron chi connectivity index (χ3n) is 11.7. The van der Waals surface area contributed by atoms with Gasteiger partial charge in [0.05, 0.1) is 79.5 Å². The predicted molar refractivity (Wildman–Crippen MR) is 236 cm³/mol. The van der Waals surface area contributed by atoms with Gasteiger partial charge in [-0.1, -0.05) is 78.9 Å². The summed E-state index contributed by atoms with van der Waals surface area (Å²) in [6.45, 7) is 0. The van der Waals surface area contributed by atoms with Gasteiger partial charge in [-0.3, -0.25) is 0 Å². The van der Waals surface area contributed by atoms with E-state index in [1.807, 2.05) is 106 Å². The molecule has 0 unspecified atom stereocenters. The monoisotopic (exact) mass is 847 g/mol. The Balaban J connectivity index is 1.35. The molecule has 0 bridgehead atoms. The van der Waals surface area contributed by atoms with Crippen LogP contribution in [0.2, 0.25) is 0 Å². The van der Waals surface area contributed by atoms with Gasteiger partial charge in [0.2, 0.25) is 0 Å². The molecule has 0 fully saturated rings. The minimum absolute atomic E-state index is 0.206. The number of nitriles is 3. The molecule has 64 heavy (non-hydrogen) atoms. The van der Waals surface area contributed by atoms with E-state index in [-0.39, 0.29) is 5.69 Å². The first-order chi connectivity index (χ1) is 30.9. The maximum absolute atomic E-state index is 14.9. The fourth-order valence-electron chi connectivity index (χ4n) is 8.91. The van der Waals surface area contributed by atoms with E-state index in [4.69, 9.17) is 0 Å². The van der Waals surface area contributed by atoms with Crippen LogP contribution in [-0.2, 0) is 12.4 Å². The van der Waals surface area contributed by atoms with Crippen LogP contribution >= 0.6 is 0 Å². The molecule has 10 rings (SSSR count). The van der Waals surface area contributed by atoms with Gasteiger partial charge in [0.15, 0.2) is 0 Å². The molecular formula is C53H27F6N5. The van der Waals surface area contributed by atoms with Gasteiger partial charge in [-0.05, 0) is 107 Å². The van der Waals surface area contributed by atoms with E-state index in [0.717, 1.165) is 49.9 Å². The van der Waals surface area contributed by atoms with Crippen LogP contribution in [0.25, 0.3) is 88.4 Å². The van der Waals surface area contributed by atoms with Gasteiger partial charge in [0.1, 0.15) is 0 Å². The van der Waals surface area contributed by atoms with Gasteiger partial charge < -0.3 is 9.13 Å². The topological polar surface area (TPSA) is 81.2 Å². The number of rotatable bonds is 5. The lowest BCUT2D eigenvalue weighted by atomic mass is 9.89. The Hall–Kier alpha value is -8.59. The summed E-state index contributed by atoms with van der Waals surface area (Å²) in [5.74, 6) is 0. The molecule has 0 aliphatic rings. The molecule has 5 nitrogen and oxygen atoms in total. The number of alkyl halides is 6. The molecular weight excluding hydrogens is 821 g/mol. The Kier molecular flexibility index (Phi) is 9.14. The van der Waals surface area contributed by atoms with Crippen LogP contribution in [0.5, 0.6) is 0 Å². The number of halogens is 6. The highest BCUT2D eigenvalue weighted by Crippen LogP contribution is 2.48. The van der Waals surface area contributed by atoms with E-state index in [1.54, 1.807) is 42.5 Å². The van der Waals surface area contributed by atoms with Crippen molar-refractivity contribution in [1.82, 2.24) is 9.13 Å². The summed E-state index contributed by atoms with van der Waals surface area (Å²) in [7, 11) is 0. The maximum Gasteiger partial charge on any atom is 0.417 e. The van der Waals surface area contributed by atoms with Crippen molar-refractivity contribution in [2.24, 2.45) is 0 Å².